The minimum atomic E-state index is -4.30. The third kappa shape index (κ3) is 6.12. The zero-order valence-corrected chi connectivity index (χ0v) is 24.4. The number of nitrogens with zero attached hydrogens (tertiary/aromatic N) is 2. The molecule has 226 valence electrons. The van der Waals surface area contributed by atoms with Gasteiger partial charge in [0.2, 0.25) is 5.91 Å². The molecule has 0 bridgehead atoms. The first-order chi connectivity index (χ1) is 19.6. The van der Waals surface area contributed by atoms with Crippen LogP contribution in [0.4, 0.5) is 13.2 Å². The van der Waals surface area contributed by atoms with Crippen LogP contribution in [-0.4, -0.2) is 66.7 Å². The highest BCUT2D eigenvalue weighted by Gasteiger charge is 2.62. The second-order valence-corrected chi connectivity index (χ2v) is 13.2. The molecule has 1 N–H and O–H groups in total. The maximum Gasteiger partial charge on any atom is 0.416 e. The van der Waals surface area contributed by atoms with Gasteiger partial charge in [-0.2, -0.15) is 13.2 Å². The highest BCUT2D eigenvalue weighted by molar-refractivity contribution is 5.79. The normalized spacial score (nSPS) is 30.0. The van der Waals surface area contributed by atoms with Crippen LogP contribution in [0.2, 0.25) is 0 Å². The Morgan fingerprint density at radius 3 is 2.39 bits per heavy atom. The fraction of sp³-hybridized carbons (Fsp3) is 0.719. The number of nitrogens with one attached hydrogen (secondary N) is 1. The quantitative estimate of drug-likeness (QED) is 0.421. The van der Waals surface area contributed by atoms with Crippen LogP contribution in [0, 0.1) is 11.3 Å². The van der Waals surface area contributed by atoms with Crippen molar-refractivity contribution in [1.82, 2.24) is 15.1 Å². The first-order valence-electron chi connectivity index (χ1n) is 15.5. The predicted molar refractivity (Wildman–Crippen MR) is 150 cm³/mol. The number of allylic oxidation sites excluding steroid dienone is 1. The van der Waals surface area contributed by atoms with Crippen molar-refractivity contribution < 1.29 is 27.4 Å². The molecule has 5 aliphatic rings. The number of benzene rings is 1. The van der Waals surface area contributed by atoms with Gasteiger partial charge in [0, 0.05) is 51.5 Å². The Bertz CT molecular complexity index is 1130. The van der Waals surface area contributed by atoms with Gasteiger partial charge in [-0.3, -0.25) is 9.69 Å². The minimum absolute atomic E-state index is 0.0871. The number of rotatable bonds is 8. The number of alkyl halides is 3. The van der Waals surface area contributed by atoms with E-state index in [2.05, 4.69) is 22.0 Å². The Morgan fingerprint density at radius 1 is 1.12 bits per heavy atom. The van der Waals surface area contributed by atoms with E-state index in [1.54, 1.807) is 19.2 Å². The number of methoxy groups -OCH3 is 1. The van der Waals surface area contributed by atoms with Crippen LogP contribution in [0.1, 0.15) is 82.3 Å². The fourth-order valence-corrected chi connectivity index (χ4v) is 7.46. The zero-order valence-electron chi connectivity index (χ0n) is 24.4. The van der Waals surface area contributed by atoms with E-state index in [1.807, 2.05) is 0 Å². The first-order valence-corrected chi connectivity index (χ1v) is 15.5. The highest BCUT2D eigenvalue weighted by atomic mass is 19.4. The molecule has 2 saturated heterocycles. The van der Waals surface area contributed by atoms with E-state index in [4.69, 9.17) is 9.47 Å². The monoisotopic (exact) mass is 575 g/mol. The molecule has 2 heterocycles. The van der Waals surface area contributed by atoms with Crippen molar-refractivity contribution in [2.75, 3.05) is 33.4 Å². The number of halogens is 3. The van der Waals surface area contributed by atoms with Gasteiger partial charge in [-0.15, -0.1) is 0 Å². The van der Waals surface area contributed by atoms with Crippen molar-refractivity contribution in [3.8, 4) is 0 Å². The average Bonchev–Trinajstić information content (AvgIpc) is 3.88. The summed E-state index contributed by atoms with van der Waals surface area (Å²) in [6, 6.07) is 6.16. The summed E-state index contributed by atoms with van der Waals surface area (Å²) in [7, 11) is 1.68. The number of piperidine rings is 1. The lowest BCUT2D eigenvalue weighted by Gasteiger charge is -2.38. The van der Waals surface area contributed by atoms with Gasteiger partial charge in [0.05, 0.1) is 24.8 Å². The molecule has 1 aromatic rings. The van der Waals surface area contributed by atoms with Gasteiger partial charge in [-0.05, 0) is 80.1 Å². The third-order valence-electron chi connectivity index (χ3n) is 10.4. The summed E-state index contributed by atoms with van der Waals surface area (Å²) in [5.74, 6) is 1.44. The van der Waals surface area contributed by atoms with Gasteiger partial charge in [0.1, 0.15) is 5.60 Å². The van der Waals surface area contributed by atoms with E-state index in [0.717, 1.165) is 88.9 Å². The van der Waals surface area contributed by atoms with E-state index in [1.165, 1.54) is 24.1 Å². The maximum atomic E-state index is 12.9. The summed E-state index contributed by atoms with van der Waals surface area (Å²) in [5, 5.41) is 3.20. The van der Waals surface area contributed by atoms with Crippen molar-refractivity contribution in [2.45, 2.75) is 102 Å². The van der Waals surface area contributed by atoms with E-state index in [0.29, 0.717) is 24.6 Å². The number of hydrogen-bond donors (Lipinski definition) is 1. The number of carbonyl (C=O) groups excluding carboxylic acids is 1. The van der Waals surface area contributed by atoms with E-state index >= 15 is 0 Å². The number of carbonyl (C=O) groups is 1. The molecule has 2 spiro atoms. The maximum absolute atomic E-state index is 12.9. The first kappa shape index (κ1) is 28.8. The number of hydrogen-bond acceptors (Lipinski definition) is 5. The molecule has 0 radical (unpaired) electrons. The molecule has 1 unspecified atom stereocenters. The van der Waals surface area contributed by atoms with Crippen LogP contribution in [0.5, 0.6) is 0 Å². The van der Waals surface area contributed by atoms with E-state index in [9.17, 15) is 18.0 Å². The van der Waals surface area contributed by atoms with E-state index in [-0.39, 0.29) is 23.5 Å². The van der Waals surface area contributed by atoms with Gasteiger partial charge < -0.3 is 19.7 Å². The molecule has 2 atom stereocenters. The third-order valence-corrected chi connectivity index (χ3v) is 10.4. The van der Waals surface area contributed by atoms with Crippen molar-refractivity contribution in [3.63, 3.8) is 0 Å². The molecule has 1 amide bonds. The molecule has 6 nitrogen and oxygen atoms in total. The van der Waals surface area contributed by atoms with Crippen LogP contribution in [-0.2, 0) is 27.0 Å². The van der Waals surface area contributed by atoms with Gasteiger partial charge in [0.25, 0.3) is 0 Å². The van der Waals surface area contributed by atoms with Gasteiger partial charge in [-0.25, -0.2) is 0 Å². The fourth-order valence-electron chi connectivity index (χ4n) is 7.46. The standard InChI is InChI=1S/C32H44F3N3O3/c1-3-26(20-40-2)36-28(39)23-10-12-30(13-11-23)18-27(30)38-21-31(41-29(38)24-6-7-24)14-16-37(17-15-31)19-22-4-8-25(9-5-22)32(33,34)35/h4-5,8-9,23,26-27H,3,6-7,10-21H2,1-2H3,(H,36,39)/t23?,26?,27-,30?/m1/s1. The lowest BCUT2D eigenvalue weighted by Crippen LogP contribution is -2.47. The largest absolute Gasteiger partial charge is 0.471 e. The molecular weight excluding hydrogens is 531 g/mol. The summed E-state index contributed by atoms with van der Waals surface area (Å²) >= 11 is 0. The van der Waals surface area contributed by atoms with Gasteiger partial charge in [-0.1, -0.05) is 19.1 Å². The lowest BCUT2D eigenvalue weighted by atomic mass is 9.78. The van der Waals surface area contributed by atoms with Crippen LogP contribution in [0.3, 0.4) is 0 Å². The van der Waals surface area contributed by atoms with Gasteiger partial charge >= 0.3 is 6.18 Å². The Kier molecular flexibility index (Phi) is 7.81. The Labute approximate surface area is 241 Å². The molecule has 9 heteroatoms. The van der Waals surface area contributed by atoms with Crippen molar-refractivity contribution in [3.05, 3.63) is 46.8 Å². The Hall–Kier alpha value is -2.26. The van der Waals surface area contributed by atoms with Crippen LogP contribution in [0.25, 0.3) is 0 Å². The topological polar surface area (TPSA) is 54.0 Å². The second-order valence-electron chi connectivity index (χ2n) is 13.2. The average molecular weight is 576 g/mol. The van der Waals surface area contributed by atoms with Crippen LogP contribution < -0.4 is 5.32 Å². The molecular formula is C32H44F3N3O3. The lowest BCUT2D eigenvalue weighted by molar-refractivity contribution is -0.137. The Balaban J connectivity index is 1.03. The number of ether oxygens (including phenoxy) is 2. The molecule has 3 saturated carbocycles. The Morgan fingerprint density at radius 2 is 1.80 bits per heavy atom. The molecule has 5 fully saturated rings. The molecule has 6 rings (SSSR count). The van der Waals surface area contributed by atoms with Crippen molar-refractivity contribution in [1.29, 1.82) is 0 Å². The van der Waals surface area contributed by atoms with Gasteiger partial charge in [0.15, 0.2) is 5.88 Å². The van der Waals surface area contributed by atoms with E-state index < -0.39 is 11.7 Å². The summed E-state index contributed by atoms with van der Waals surface area (Å²) in [4.78, 5) is 17.8. The second kappa shape index (κ2) is 11.1. The van der Waals surface area contributed by atoms with Crippen LogP contribution >= 0.6 is 0 Å². The van der Waals surface area contributed by atoms with Crippen LogP contribution in [0.15, 0.2) is 35.7 Å². The number of likely N-dealkylation sites (tertiary alicyclic amines) is 1. The molecule has 3 aliphatic carbocycles. The molecule has 1 aromatic carbocycles. The summed E-state index contributed by atoms with van der Waals surface area (Å²) in [6.07, 6.45) is 6.00. The molecule has 2 aliphatic heterocycles. The van der Waals surface area contributed by atoms with Crippen molar-refractivity contribution >= 4 is 5.91 Å². The minimum Gasteiger partial charge on any atom is -0.471 e. The highest BCUT2D eigenvalue weighted by Crippen LogP contribution is 2.62. The SMILES string of the molecule is CCC(COC)NC(=O)C1CCC2(CC1)C[C@H]2N1CC2(CCN(Cc3ccc(C(F)(F)F)cc3)CC2)OC1=C1CC1. The zero-order chi connectivity index (χ0) is 28.8. The summed E-state index contributed by atoms with van der Waals surface area (Å²) < 4.78 is 50.9. The smallest absolute Gasteiger partial charge is 0.416 e. The number of amides is 1. The predicted octanol–water partition coefficient (Wildman–Crippen LogP) is 5.87. The summed E-state index contributed by atoms with van der Waals surface area (Å²) in [6.45, 7) is 6.00. The molecule has 0 aromatic heterocycles. The molecule has 41 heavy (non-hydrogen) atoms. The summed E-state index contributed by atoms with van der Waals surface area (Å²) in [5.41, 5.74) is 1.91. The van der Waals surface area contributed by atoms with Crippen molar-refractivity contribution in [2.24, 2.45) is 11.3 Å².